The van der Waals surface area contributed by atoms with Crippen LogP contribution >= 0.6 is 0 Å². The molecule has 0 bridgehead atoms. The van der Waals surface area contributed by atoms with Gasteiger partial charge in [0, 0.05) is 18.1 Å². The molecule has 0 aromatic heterocycles. The highest BCUT2D eigenvalue weighted by atomic mass is 16.6. The molecule has 2 amide bonds. The van der Waals surface area contributed by atoms with E-state index < -0.39 is 0 Å². The monoisotopic (exact) mass is 347 g/mol. The van der Waals surface area contributed by atoms with Gasteiger partial charge in [-0.1, -0.05) is 30.3 Å². The van der Waals surface area contributed by atoms with Crippen LogP contribution in [0.25, 0.3) is 0 Å². The topological polar surface area (TPSA) is 84.7 Å². The minimum absolute atomic E-state index is 0.0177. The third-order valence-electron chi connectivity index (χ3n) is 4.61. The fourth-order valence-corrected chi connectivity index (χ4v) is 3.36. The number of nitrogens with one attached hydrogen (secondary N) is 1. The van der Waals surface area contributed by atoms with Crippen molar-refractivity contribution in [2.24, 2.45) is 5.73 Å². The lowest BCUT2D eigenvalue weighted by molar-refractivity contribution is -0.120. The first kappa shape index (κ1) is 19.2. The number of amides is 2. The SMILES string of the molecule is CC(C)N(C(=O)OCc1ccccc1)C1CCC(NC(=O)CN)CC1. The zero-order chi connectivity index (χ0) is 18.2. The Balaban J connectivity index is 1.88. The van der Waals surface area contributed by atoms with Gasteiger partial charge in [-0.05, 0) is 45.1 Å². The molecule has 2 rings (SSSR count). The van der Waals surface area contributed by atoms with Gasteiger partial charge in [0.05, 0.1) is 6.54 Å². The molecule has 6 nitrogen and oxygen atoms in total. The lowest BCUT2D eigenvalue weighted by atomic mass is 9.89. The number of nitrogens with two attached hydrogens (primary N) is 1. The Kier molecular flexibility index (Phi) is 7.25. The number of benzene rings is 1. The third kappa shape index (κ3) is 5.74. The van der Waals surface area contributed by atoms with Crippen molar-refractivity contribution >= 4 is 12.0 Å². The summed E-state index contributed by atoms with van der Waals surface area (Å²) >= 11 is 0. The summed E-state index contributed by atoms with van der Waals surface area (Å²) in [6.45, 7) is 4.31. The zero-order valence-electron chi connectivity index (χ0n) is 15.1. The highest BCUT2D eigenvalue weighted by molar-refractivity contribution is 5.78. The maximum atomic E-state index is 12.6. The molecule has 138 valence electrons. The molecule has 3 N–H and O–H groups in total. The predicted molar refractivity (Wildman–Crippen MR) is 96.8 cm³/mol. The summed E-state index contributed by atoms with van der Waals surface area (Å²) in [5.74, 6) is -0.119. The number of hydrogen-bond acceptors (Lipinski definition) is 4. The lowest BCUT2D eigenvalue weighted by Crippen LogP contribution is -2.49. The Morgan fingerprint density at radius 2 is 1.84 bits per heavy atom. The van der Waals surface area contributed by atoms with Crippen molar-refractivity contribution in [1.29, 1.82) is 0 Å². The van der Waals surface area contributed by atoms with E-state index in [1.165, 1.54) is 0 Å². The summed E-state index contributed by atoms with van der Waals surface area (Å²) in [5.41, 5.74) is 6.32. The zero-order valence-corrected chi connectivity index (χ0v) is 15.1. The molecule has 1 aromatic rings. The van der Waals surface area contributed by atoms with Crippen LogP contribution in [0.4, 0.5) is 4.79 Å². The smallest absolute Gasteiger partial charge is 0.410 e. The maximum Gasteiger partial charge on any atom is 0.410 e. The van der Waals surface area contributed by atoms with E-state index in [9.17, 15) is 9.59 Å². The molecule has 25 heavy (non-hydrogen) atoms. The molecule has 0 unspecified atom stereocenters. The molecular formula is C19H29N3O3. The Morgan fingerprint density at radius 3 is 2.40 bits per heavy atom. The van der Waals surface area contributed by atoms with E-state index in [2.05, 4.69) is 5.32 Å². The van der Waals surface area contributed by atoms with Gasteiger partial charge in [-0.25, -0.2) is 4.79 Å². The summed E-state index contributed by atoms with van der Waals surface area (Å²) in [7, 11) is 0. The number of carbonyl (C=O) groups is 2. The molecule has 1 fully saturated rings. The summed E-state index contributed by atoms with van der Waals surface area (Å²) in [6, 6.07) is 10.1. The molecule has 1 saturated carbocycles. The average Bonchev–Trinajstić information content (AvgIpc) is 2.62. The first-order valence-electron chi connectivity index (χ1n) is 8.99. The molecule has 0 saturated heterocycles. The lowest BCUT2D eigenvalue weighted by Gasteiger charge is -2.38. The van der Waals surface area contributed by atoms with Crippen molar-refractivity contribution < 1.29 is 14.3 Å². The van der Waals surface area contributed by atoms with Gasteiger partial charge >= 0.3 is 6.09 Å². The van der Waals surface area contributed by atoms with E-state index in [-0.39, 0.29) is 43.3 Å². The maximum absolute atomic E-state index is 12.6. The number of carbonyl (C=O) groups excluding carboxylic acids is 2. The van der Waals surface area contributed by atoms with Gasteiger partial charge in [0.2, 0.25) is 5.91 Å². The first-order valence-corrected chi connectivity index (χ1v) is 8.99. The average molecular weight is 347 g/mol. The second-order valence-corrected chi connectivity index (χ2v) is 6.82. The van der Waals surface area contributed by atoms with Crippen LogP contribution in [0.3, 0.4) is 0 Å². The van der Waals surface area contributed by atoms with Crippen LogP contribution in [-0.4, -0.2) is 41.6 Å². The van der Waals surface area contributed by atoms with Crippen LogP contribution in [0.15, 0.2) is 30.3 Å². The molecular weight excluding hydrogens is 318 g/mol. The van der Waals surface area contributed by atoms with Crippen molar-refractivity contribution in [3.05, 3.63) is 35.9 Å². The van der Waals surface area contributed by atoms with Crippen LogP contribution < -0.4 is 11.1 Å². The van der Waals surface area contributed by atoms with Gasteiger partial charge in [-0.2, -0.15) is 0 Å². The summed E-state index contributed by atoms with van der Waals surface area (Å²) in [4.78, 5) is 25.8. The van der Waals surface area contributed by atoms with Crippen molar-refractivity contribution in [3.8, 4) is 0 Å². The quantitative estimate of drug-likeness (QED) is 0.828. The molecule has 0 radical (unpaired) electrons. The molecule has 0 aliphatic heterocycles. The van der Waals surface area contributed by atoms with E-state index in [1.54, 1.807) is 0 Å². The molecule has 6 heteroatoms. The fraction of sp³-hybridized carbons (Fsp3) is 0.579. The predicted octanol–water partition coefficient (Wildman–Crippen LogP) is 2.42. The van der Waals surface area contributed by atoms with Gasteiger partial charge in [0.1, 0.15) is 6.61 Å². The van der Waals surface area contributed by atoms with Gasteiger partial charge in [0.15, 0.2) is 0 Å². The van der Waals surface area contributed by atoms with E-state index >= 15 is 0 Å². The molecule has 0 spiro atoms. The normalized spacial score (nSPS) is 20.2. The van der Waals surface area contributed by atoms with Gasteiger partial charge < -0.3 is 20.7 Å². The van der Waals surface area contributed by atoms with E-state index in [0.29, 0.717) is 0 Å². The van der Waals surface area contributed by atoms with Gasteiger partial charge in [-0.15, -0.1) is 0 Å². The van der Waals surface area contributed by atoms with Crippen LogP contribution in [0.5, 0.6) is 0 Å². The van der Waals surface area contributed by atoms with Crippen LogP contribution in [0, 0.1) is 0 Å². The molecule has 1 aliphatic carbocycles. The van der Waals surface area contributed by atoms with E-state index in [0.717, 1.165) is 31.2 Å². The number of rotatable bonds is 6. The highest BCUT2D eigenvalue weighted by Crippen LogP contribution is 2.25. The van der Waals surface area contributed by atoms with E-state index in [1.807, 2.05) is 49.1 Å². The third-order valence-corrected chi connectivity index (χ3v) is 4.61. The Labute approximate surface area is 149 Å². The standard InChI is InChI=1S/C19H29N3O3/c1-14(2)22(19(24)25-13-15-6-4-3-5-7-15)17-10-8-16(9-11-17)21-18(23)12-20/h3-7,14,16-17H,8-13,20H2,1-2H3,(H,21,23). The molecule has 1 aliphatic rings. The molecule has 1 aromatic carbocycles. The molecule has 0 atom stereocenters. The number of hydrogen-bond donors (Lipinski definition) is 2. The highest BCUT2D eigenvalue weighted by Gasteiger charge is 2.31. The van der Waals surface area contributed by atoms with Crippen molar-refractivity contribution in [2.45, 2.75) is 64.3 Å². The minimum Gasteiger partial charge on any atom is -0.445 e. The molecule has 0 heterocycles. The summed E-state index contributed by atoms with van der Waals surface area (Å²) in [5, 5.41) is 2.93. The van der Waals surface area contributed by atoms with Gasteiger partial charge in [-0.3, -0.25) is 4.79 Å². The second kappa shape index (κ2) is 9.42. The number of nitrogens with zero attached hydrogens (tertiary/aromatic N) is 1. The van der Waals surface area contributed by atoms with E-state index in [4.69, 9.17) is 10.5 Å². The minimum atomic E-state index is -0.270. The van der Waals surface area contributed by atoms with Crippen molar-refractivity contribution in [3.63, 3.8) is 0 Å². The van der Waals surface area contributed by atoms with Crippen molar-refractivity contribution in [1.82, 2.24) is 10.2 Å². The van der Waals surface area contributed by atoms with Crippen LogP contribution in [-0.2, 0) is 16.1 Å². The Hall–Kier alpha value is -2.08. The fourth-order valence-electron chi connectivity index (χ4n) is 3.36. The largest absolute Gasteiger partial charge is 0.445 e. The Morgan fingerprint density at radius 1 is 1.20 bits per heavy atom. The summed E-state index contributed by atoms with van der Waals surface area (Å²) in [6.07, 6.45) is 3.15. The first-order chi connectivity index (χ1) is 12.0. The van der Waals surface area contributed by atoms with Crippen LogP contribution in [0.2, 0.25) is 0 Å². The second-order valence-electron chi connectivity index (χ2n) is 6.82. The summed E-state index contributed by atoms with van der Waals surface area (Å²) < 4.78 is 5.51. The van der Waals surface area contributed by atoms with Gasteiger partial charge in [0.25, 0.3) is 0 Å². The Bertz CT molecular complexity index is 554. The van der Waals surface area contributed by atoms with Crippen LogP contribution in [0.1, 0.15) is 45.1 Å². The number of ether oxygens (including phenoxy) is 1. The van der Waals surface area contributed by atoms with Crippen molar-refractivity contribution in [2.75, 3.05) is 6.54 Å².